The van der Waals surface area contributed by atoms with Gasteiger partial charge in [-0.1, -0.05) is 35.3 Å². The van der Waals surface area contributed by atoms with Crippen LogP contribution in [0.5, 0.6) is 0 Å². The van der Waals surface area contributed by atoms with E-state index < -0.39 is 21.6 Å². The van der Waals surface area contributed by atoms with Crippen LogP contribution in [0.25, 0.3) is 0 Å². The quantitative estimate of drug-likeness (QED) is 0.464. The third kappa shape index (κ3) is 9.35. The van der Waals surface area contributed by atoms with Crippen molar-refractivity contribution in [2.45, 2.75) is 58.7 Å². The molecule has 0 unspecified atom stereocenters. The Morgan fingerprint density at radius 3 is 1.97 bits per heavy atom. The number of rotatable bonds is 10. The summed E-state index contributed by atoms with van der Waals surface area (Å²) in [7, 11) is -3.56. The van der Waals surface area contributed by atoms with Crippen LogP contribution in [0, 0.1) is 0 Å². The second-order valence-corrected chi connectivity index (χ2v) is 12.3. The predicted molar refractivity (Wildman–Crippen MR) is 142 cm³/mol. The van der Waals surface area contributed by atoms with Crippen LogP contribution >= 0.6 is 23.2 Å². The van der Waals surface area contributed by atoms with Crippen LogP contribution in [-0.2, 0) is 26.2 Å². The van der Waals surface area contributed by atoms with Crippen LogP contribution in [0.3, 0.4) is 0 Å². The van der Waals surface area contributed by atoms with Crippen LogP contribution < -0.4 is 9.62 Å². The lowest BCUT2D eigenvalue weighted by Gasteiger charge is -2.32. The summed E-state index contributed by atoms with van der Waals surface area (Å²) in [4.78, 5) is 27.6. The highest BCUT2D eigenvalue weighted by molar-refractivity contribution is 7.92. The number of sulfonamides is 1. The maximum atomic E-state index is 13.3. The van der Waals surface area contributed by atoms with E-state index in [1.54, 1.807) is 43.3 Å². The molecule has 0 aliphatic carbocycles. The van der Waals surface area contributed by atoms with Crippen LogP contribution in [0.2, 0.25) is 10.0 Å². The minimum Gasteiger partial charge on any atom is -0.350 e. The van der Waals surface area contributed by atoms with Gasteiger partial charge in [-0.15, -0.1) is 0 Å². The summed E-state index contributed by atoms with van der Waals surface area (Å²) in [6.45, 7) is 7.65. The predicted octanol–water partition coefficient (Wildman–Crippen LogP) is 4.87. The first kappa shape index (κ1) is 28.9. The number of anilines is 1. The van der Waals surface area contributed by atoms with Crippen molar-refractivity contribution in [2.24, 2.45) is 0 Å². The molecule has 7 nitrogen and oxygen atoms in total. The van der Waals surface area contributed by atoms with Gasteiger partial charge in [-0.05, 0) is 76.1 Å². The molecule has 2 aromatic rings. The van der Waals surface area contributed by atoms with Gasteiger partial charge in [0.25, 0.3) is 0 Å². The number of nitrogens with zero attached hydrogens (tertiary/aromatic N) is 2. The van der Waals surface area contributed by atoms with Gasteiger partial charge in [-0.25, -0.2) is 8.42 Å². The molecule has 0 heterocycles. The fourth-order valence-corrected chi connectivity index (χ4v) is 4.67. The zero-order chi connectivity index (χ0) is 26.4. The summed E-state index contributed by atoms with van der Waals surface area (Å²) < 4.78 is 26.0. The monoisotopic (exact) mass is 541 g/mol. The van der Waals surface area contributed by atoms with Gasteiger partial charge in [0.1, 0.15) is 6.04 Å². The van der Waals surface area contributed by atoms with Crippen LogP contribution in [0.4, 0.5) is 5.69 Å². The van der Waals surface area contributed by atoms with Gasteiger partial charge in [-0.2, -0.15) is 0 Å². The third-order valence-electron chi connectivity index (χ3n) is 5.20. The Morgan fingerprint density at radius 1 is 0.971 bits per heavy atom. The highest BCUT2D eigenvalue weighted by Crippen LogP contribution is 2.22. The molecule has 0 saturated heterocycles. The van der Waals surface area contributed by atoms with E-state index in [2.05, 4.69) is 5.32 Å². The molecular weight excluding hydrogens is 509 g/mol. The highest BCUT2D eigenvalue weighted by Gasteiger charge is 2.28. The molecule has 192 valence electrons. The molecule has 0 radical (unpaired) electrons. The first-order chi connectivity index (χ1) is 16.2. The largest absolute Gasteiger partial charge is 0.350 e. The van der Waals surface area contributed by atoms with Crippen LogP contribution in [0.15, 0.2) is 48.5 Å². The van der Waals surface area contributed by atoms with Crippen LogP contribution in [-0.4, -0.2) is 49.5 Å². The van der Waals surface area contributed by atoms with E-state index >= 15 is 0 Å². The smallest absolute Gasteiger partial charge is 0.242 e. The average molecular weight is 543 g/mol. The number of benzene rings is 2. The highest BCUT2D eigenvalue weighted by atomic mass is 35.5. The maximum Gasteiger partial charge on any atom is 0.242 e. The Labute approximate surface area is 218 Å². The molecule has 1 atom stereocenters. The lowest BCUT2D eigenvalue weighted by molar-refractivity contribution is -0.141. The van der Waals surface area contributed by atoms with Gasteiger partial charge in [0, 0.05) is 35.1 Å². The Hall–Kier alpha value is -2.29. The van der Waals surface area contributed by atoms with Crippen LogP contribution in [0.1, 0.15) is 46.1 Å². The summed E-state index contributed by atoms with van der Waals surface area (Å²) in [5, 5.41) is 3.99. The fourth-order valence-electron chi connectivity index (χ4n) is 3.45. The van der Waals surface area contributed by atoms with Gasteiger partial charge in [0.15, 0.2) is 0 Å². The molecular formula is C25H33Cl2N3O4S. The minimum atomic E-state index is -3.56. The summed E-state index contributed by atoms with van der Waals surface area (Å²) in [5.41, 5.74) is 0.854. The summed E-state index contributed by atoms with van der Waals surface area (Å²) in [6.07, 6.45) is 1.47. The topological polar surface area (TPSA) is 86.8 Å². The van der Waals surface area contributed by atoms with Crippen molar-refractivity contribution in [3.63, 3.8) is 0 Å². The van der Waals surface area contributed by atoms with Gasteiger partial charge in [0.2, 0.25) is 21.8 Å². The molecule has 0 aliphatic rings. The number of hydrogen-bond donors (Lipinski definition) is 1. The van der Waals surface area contributed by atoms with E-state index in [9.17, 15) is 18.0 Å². The van der Waals surface area contributed by atoms with E-state index in [1.807, 2.05) is 32.9 Å². The van der Waals surface area contributed by atoms with Crippen molar-refractivity contribution in [1.29, 1.82) is 0 Å². The van der Waals surface area contributed by atoms with Crippen molar-refractivity contribution in [3.05, 3.63) is 64.1 Å². The lowest BCUT2D eigenvalue weighted by atomic mass is 10.1. The fraction of sp³-hybridized carbons (Fsp3) is 0.440. The molecule has 0 saturated carbocycles. The average Bonchev–Trinajstić information content (AvgIpc) is 2.74. The van der Waals surface area contributed by atoms with Crippen molar-refractivity contribution < 1.29 is 18.0 Å². The van der Waals surface area contributed by atoms with Crippen molar-refractivity contribution >= 4 is 50.7 Å². The Balaban J connectivity index is 2.17. The first-order valence-corrected chi connectivity index (χ1v) is 13.9. The number of amides is 2. The number of halogens is 2. The molecule has 0 fully saturated rings. The number of carbonyl (C=O) groups excluding carboxylic acids is 2. The molecule has 35 heavy (non-hydrogen) atoms. The molecule has 0 bridgehead atoms. The second-order valence-electron chi connectivity index (χ2n) is 9.48. The molecule has 0 spiro atoms. The first-order valence-electron chi connectivity index (χ1n) is 11.3. The van der Waals surface area contributed by atoms with E-state index in [0.717, 1.165) is 11.8 Å². The van der Waals surface area contributed by atoms with E-state index in [-0.39, 0.29) is 37.7 Å². The third-order valence-corrected chi connectivity index (χ3v) is 6.90. The zero-order valence-electron chi connectivity index (χ0n) is 20.7. The normalized spacial score (nSPS) is 12.7. The maximum absolute atomic E-state index is 13.3. The van der Waals surface area contributed by atoms with Crippen molar-refractivity contribution in [1.82, 2.24) is 10.2 Å². The molecule has 10 heteroatoms. The molecule has 2 amide bonds. The van der Waals surface area contributed by atoms with Gasteiger partial charge < -0.3 is 10.2 Å². The summed E-state index contributed by atoms with van der Waals surface area (Å²) in [5.74, 6) is -0.514. The summed E-state index contributed by atoms with van der Waals surface area (Å²) >= 11 is 11.9. The molecule has 2 rings (SSSR count). The summed E-state index contributed by atoms with van der Waals surface area (Å²) in [6, 6.07) is 12.8. The molecule has 0 aliphatic heterocycles. The second kappa shape index (κ2) is 12.1. The van der Waals surface area contributed by atoms with E-state index in [1.165, 1.54) is 9.21 Å². The zero-order valence-corrected chi connectivity index (χ0v) is 23.0. The Bertz CT molecular complexity index is 1110. The Morgan fingerprint density at radius 2 is 1.49 bits per heavy atom. The molecule has 1 N–H and O–H groups in total. The lowest BCUT2D eigenvalue weighted by Crippen LogP contribution is -2.52. The van der Waals surface area contributed by atoms with E-state index in [0.29, 0.717) is 15.7 Å². The van der Waals surface area contributed by atoms with Gasteiger partial charge in [-0.3, -0.25) is 13.9 Å². The van der Waals surface area contributed by atoms with E-state index in [4.69, 9.17) is 23.2 Å². The minimum absolute atomic E-state index is 0.0698. The molecule has 2 aromatic carbocycles. The molecule has 0 aromatic heterocycles. The van der Waals surface area contributed by atoms with Gasteiger partial charge >= 0.3 is 0 Å². The van der Waals surface area contributed by atoms with Crippen molar-refractivity contribution in [2.75, 3.05) is 17.1 Å². The SMILES string of the molecule is C[C@@H](C(=O)NC(C)(C)C)N(Cc1ccc(Cl)cc1)C(=O)CCCN(c1ccc(Cl)cc1)S(C)(=O)=O. The Kier molecular flexibility index (Phi) is 10.0. The number of carbonyl (C=O) groups is 2. The van der Waals surface area contributed by atoms with Gasteiger partial charge in [0.05, 0.1) is 11.9 Å². The number of hydrogen-bond acceptors (Lipinski definition) is 4. The van der Waals surface area contributed by atoms with Crippen molar-refractivity contribution in [3.8, 4) is 0 Å². The standard InChI is InChI=1S/C25H33Cl2N3O4S/c1-18(24(32)28-25(2,3)4)29(17-19-8-10-20(26)11-9-19)23(31)7-6-16-30(35(5,33)34)22-14-12-21(27)13-15-22/h8-15,18H,6-7,16-17H2,1-5H3,(H,28,32)/t18-/m0/s1. The number of nitrogens with one attached hydrogen (secondary N) is 1.